The Kier molecular flexibility index (Phi) is 10.3. The standard InChI is InChI=1S/C47H39NS.C10H8.C2H2/c1-6-15-35-30(2)46(3,4)42-29-34(22-24-36(35)42)48(5)33-23-26-40-39(28-33)44-41(27-25-38-37-20-13-14-21-43(37)49-45(38)44)47(40,31-16-9-7-10-17-31)32-18-11-8-12-19-32;1-2-6-10-8-4-3-7-9(10)5-1;1-2/h6-29H,1-5H3;1-8H;1-2H/b15-6-;;. The van der Waals surface area contributed by atoms with Crippen LogP contribution in [0.2, 0.25) is 0 Å². The molecular weight excluding hydrogens is 755 g/mol. The van der Waals surface area contributed by atoms with Crippen LogP contribution >= 0.6 is 11.3 Å². The van der Waals surface area contributed by atoms with E-state index < -0.39 is 5.41 Å². The molecule has 9 aromatic rings. The van der Waals surface area contributed by atoms with Gasteiger partial charge in [0.05, 0.1) is 5.41 Å². The van der Waals surface area contributed by atoms with E-state index in [1.807, 2.05) is 11.3 Å². The molecule has 0 fully saturated rings. The molecule has 8 aromatic carbocycles. The van der Waals surface area contributed by atoms with Gasteiger partial charge in [0, 0.05) is 49.6 Å². The van der Waals surface area contributed by atoms with Crippen LogP contribution in [-0.2, 0) is 10.8 Å². The smallest absolute Gasteiger partial charge is 0.0714 e. The molecule has 2 heteroatoms. The molecule has 0 amide bonds. The maximum absolute atomic E-state index is 4.00. The van der Waals surface area contributed by atoms with Gasteiger partial charge >= 0.3 is 0 Å². The summed E-state index contributed by atoms with van der Waals surface area (Å²) >= 11 is 1.93. The molecule has 0 N–H and O–H groups in total. The predicted octanol–water partition coefficient (Wildman–Crippen LogP) is 15.9. The number of anilines is 2. The summed E-state index contributed by atoms with van der Waals surface area (Å²) in [5.41, 5.74) is 15.4. The van der Waals surface area contributed by atoms with Crippen LogP contribution in [0.15, 0.2) is 200 Å². The van der Waals surface area contributed by atoms with Crippen molar-refractivity contribution in [2.75, 3.05) is 11.9 Å². The lowest BCUT2D eigenvalue weighted by atomic mass is 9.67. The van der Waals surface area contributed by atoms with Gasteiger partial charge < -0.3 is 4.90 Å². The zero-order valence-corrected chi connectivity index (χ0v) is 36.3. The number of allylic oxidation sites excluding steroid dienone is 4. The van der Waals surface area contributed by atoms with E-state index in [2.05, 4.69) is 247 Å². The first-order chi connectivity index (χ1) is 29.8. The van der Waals surface area contributed by atoms with E-state index in [1.165, 1.54) is 98.0 Å². The van der Waals surface area contributed by atoms with Crippen LogP contribution in [0.1, 0.15) is 61.1 Å². The van der Waals surface area contributed by atoms with Crippen molar-refractivity contribution in [2.45, 2.75) is 38.5 Å². The Morgan fingerprint density at radius 1 is 0.541 bits per heavy atom. The second-order valence-electron chi connectivity index (χ2n) is 16.5. The molecule has 0 radical (unpaired) electrons. The Hall–Kier alpha value is -6.92. The maximum atomic E-state index is 4.00. The van der Waals surface area contributed by atoms with Gasteiger partial charge in [-0.15, -0.1) is 24.2 Å². The van der Waals surface area contributed by atoms with Crippen molar-refractivity contribution in [1.82, 2.24) is 0 Å². The fraction of sp³-hybridized carbons (Fsp3) is 0.119. The summed E-state index contributed by atoms with van der Waals surface area (Å²) in [5, 5.41) is 5.29. The molecule has 1 aromatic heterocycles. The molecule has 2 aliphatic rings. The van der Waals surface area contributed by atoms with Crippen molar-refractivity contribution in [3.8, 4) is 24.0 Å². The summed E-state index contributed by atoms with van der Waals surface area (Å²) in [7, 11) is 2.22. The van der Waals surface area contributed by atoms with E-state index in [1.54, 1.807) is 0 Å². The number of thiophene rings is 1. The van der Waals surface area contributed by atoms with Gasteiger partial charge in [0.2, 0.25) is 0 Å². The molecule has 296 valence electrons. The van der Waals surface area contributed by atoms with Crippen molar-refractivity contribution in [2.24, 2.45) is 0 Å². The number of rotatable bonds is 5. The quantitative estimate of drug-likeness (QED) is 0.157. The van der Waals surface area contributed by atoms with Crippen LogP contribution in [0.4, 0.5) is 11.4 Å². The zero-order chi connectivity index (χ0) is 42.3. The zero-order valence-electron chi connectivity index (χ0n) is 35.5. The largest absolute Gasteiger partial charge is 0.345 e. The maximum Gasteiger partial charge on any atom is 0.0714 e. The monoisotopic (exact) mass is 803 g/mol. The first-order valence-corrected chi connectivity index (χ1v) is 21.8. The van der Waals surface area contributed by atoms with E-state index in [4.69, 9.17) is 0 Å². The van der Waals surface area contributed by atoms with E-state index in [9.17, 15) is 0 Å². The summed E-state index contributed by atoms with van der Waals surface area (Å²) < 4.78 is 2.70. The highest BCUT2D eigenvalue weighted by Gasteiger charge is 2.47. The number of hydrogen-bond acceptors (Lipinski definition) is 2. The fourth-order valence-corrected chi connectivity index (χ4v) is 11.1. The van der Waals surface area contributed by atoms with Gasteiger partial charge in [-0.1, -0.05) is 183 Å². The van der Waals surface area contributed by atoms with Crippen LogP contribution in [-0.4, -0.2) is 7.05 Å². The lowest BCUT2D eigenvalue weighted by molar-refractivity contribution is 0.639. The van der Waals surface area contributed by atoms with Gasteiger partial charge in [-0.25, -0.2) is 0 Å². The summed E-state index contributed by atoms with van der Waals surface area (Å²) in [5.74, 6) is 0. The normalized spacial score (nSPS) is 14.2. The van der Waals surface area contributed by atoms with Gasteiger partial charge in [0.1, 0.15) is 0 Å². The van der Waals surface area contributed by atoms with E-state index in [-0.39, 0.29) is 5.41 Å². The molecule has 61 heavy (non-hydrogen) atoms. The van der Waals surface area contributed by atoms with Gasteiger partial charge in [-0.05, 0) is 99.5 Å². The van der Waals surface area contributed by atoms with Gasteiger partial charge in [0.25, 0.3) is 0 Å². The van der Waals surface area contributed by atoms with E-state index in [0.717, 1.165) is 0 Å². The van der Waals surface area contributed by atoms with Crippen LogP contribution in [0.5, 0.6) is 0 Å². The third kappa shape index (κ3) is 6.32. The van der Waals surface area contributed by atoms with Gasteiger partial charge in [-0.2, -0.15) is 0 Å². The SMILES string of the molecule is C#C.C/C=C\C1=C(C)C(C)(C)c2cc(N(C)c3ccc4c(c3)-c3c(ccc5c3sc3ccccc35)C4(c3ccccc3)c3ccccc3)ccc21.c1ccc2ccccc2c1. The van der Waals surface area contributed by atoms with E-state index in [0.29, 0.717) is 0 Å². The first-order valence-electron chi connectivity index (χ1n) is 21.0. The Bertz CT molecular complexity index is 3050. The highest BCUT2D eigenvalue weighted by molar-refractivity contribution is 7.26. The molecule has 0 aliphatic heterocycles. The minimum atomic E-state index is -0.432. The highest BCUT2D eigenvalue weighted by atomic mass is 32.1. The van der Waals surface area contributed by atoms with Crippen LogP contribution in [0.25, 0.3) is 47.6 Å². The molecular formula is C59H49NS. The first kappa shape index (κ1) is 39.5. The summed E-state index contributed by atoms with van der Waals surface area (Å²) in [6.07, 6.45) is 12.4. The molecule has 0 atom stereocenters. The minimum absolute atomic E-state index is 0.0182. The van der Waals surface area contributed by atoms with E-state index >= 15 is 0 Å². The Labute approximate surface area is 365 Å². The molecule has 0 bridgehead atoms. The van der Waals surface area contributed by atoms with Crippen LogP contribution < -0.4 is 4.90 Å². The Morgan fingerprint density at radius 2 is 1.08 bits per heavy atom. The Balaban J connectivity index is 0.000000344. The van der Waals surface area contributed by atoms with Crippen molar-refractivity contribution in [1.29, 1.82) is 0 Å². The van der Waals surface area contributed by atoms with Crippen molar-refractivity contribution >= 4 is 59.2 Å². The summed E-state index contributed by atoms with van der Waals surface area (Å²) in [6, 6.07) is 66.8. The lowest BCUT2D eigenvalue weighted by Gasteiger charge is -2.34. The molecule has 0 unspecified atom stereocenters. The number of terminal acetylenes is 1. The lowest BCUT2D eigenvalue weighted by Crippen LogP contribution is -2.28. The molecule has 11 rings (SSSR count). The van der Waals surface area contributed by atoms with Crippen molar-refractivity contribution in [3.63, 3.8) is 0 Å². The van der Waals surface area contributed by atoms with Gasteiger partial charge in [-0.3, -0.25) is 0 Å². The number of benzene rings is 8. The molecule has 0 spiro atoms. The minimum Gasteiger partial charge on any atom is -0.345 e. The molecule has 1 heterocycles. The summed E-state index contributed by atoms with van der Waals surface area (Å²) in [6.45, 7) is 9.11. The average Bonchev–Trinajstić information content (AvgIpc) is 3.91. The van der Waals surface area contributed by atoms with Crippen LogP contribution in [0.3, 0.4) is 0 Å². The Morgan fingerprint density at radius 3 is 1.70 bits per heavy atom. The summed E-state index contributed by atoms with van der Waals surface area (Å²) in [4.78, 5) is 2.37. The molecule has 2 aliphatic carbocycles. The molecule has 0 saturated heterocycles. The number of fused-ring (bicyclic) bond motifs is 9. The fourth-order valence-electron chi connectivity index (χ4n) is 9.85. The average molecular weight is 804 g/mol. The highest BCUT2D eigenvalue weighted by Crippen LogP contribution is 2.60. The van der Waals surface area contributed by atoms with Crippen LogP contribution in [0, 0.1) is 12.8 Å². The topological polar surface area (TPSA) is 3.24 Å². The predicted molar refractivity (Wildman–Crippen MR) is 265 cm³/mol. The van der Waals surface area contributed by atoms with Gasteiger partial charge in [0.15, 0.2) is 0 Å². The molecule has 1 nitrogen and oxygen atoms in total. The third-order valence-electron chi connectivity index (χ3n) is 13.1. The third-order valence-corrected chi connectivity index (χ3v) is 14.3. The second kappa shape index (κ2) is 15.9. The second-order valence-corrected chi connectivity index (χ2v) is 17.5. The molecule has 0 saturated carbocycles. The number of hydrogen-bond donors (Lipinski definition) is 0. The number of nitrogens with zero attached hydrogens (tertiary/aromatic N) is 1. The van der Waals surface area contributed by atoms with Crippen molar-refractivity contribution < 1.29 is 0 Å². The van der Waals surface area contributed by atoms with Crippen molar-refractivity contribution in [3.05, 3.63) is 233 Å².